The topological polar surface area (TPSA) is 203 Å². The third kappa shape index (κ3) is 19.3. The van der Waals surface area contributed by atoms with Crippen LogP contribution in [-0.4, -0.2) is 143 Å². The van der Waals surface area contributed by atoms with Gasteiger partial charge in [-0.25, -0.2) is 4.79 Å². The number of nitrogens with two attached hydrogens (primary N) is 1. The number of methoxy groups -OCH3 is 2. The van der Waals surface area contributed by atoms with Gasteiger partial charge in [-0.2, -0.15) is 0 Å². The monoisotopic (exact) mass is 843 g/mol. The number of carbonyl (C=O) groups excluding carboxylic acids is 4. The highest BCUT2D eigenvalue weighted by atomic mass is 16.5. The van der Waals surface area contributed by atoms with Crippen molar-refractivity contribution in [2.24, 2.45) is 17.6 Å². The summed E-state index contributed by atoms with van der Waals surface area (Å²) in [5.74, 6) is -1.27. The highest BCUT2D eigenvalue weighted by molar-refractivity contribution is 5.81. The number of rotatable bonds is 17. The second kappa shape index (κ2) is 28.1. The molecule has 2 aromatic rings. The normalized spacial score (nSPS) is 22.4. The Bertz CT molecular complexity index is 1540. The molecule has 3 fully saturated rings. The second-order valence-corrected chi connectivity index (χ2v) is 15.2. The molecule has 6 atom stereocenters. The summed E-state index contributed by atoms with van der Waals surface area (Å²) in [6, 6.07) is 19.2. The van der Waals surface area contributed by atoms with Crippen molar-refractivity contribution in [2.45, 2.75) is 88.9 Å². The molecule has 5 rings (SSSR count). The number of amides is 2. The number of carboxylic acid groups (broad SMARTS) is 1. The number of likely N-dealkylation sites (N-methyl/N-ethyl adjacent to an activating group) is 2. The van der Waals surface area contributed by atoms with Gasteiger partial charge < -0.3 is 53.8 Å². The standard InChI is InChI=1S/C19H27NO5.C15H18O5.C10H20N2O3/c1-20(10-11-23-2)19(22)17-9-8-16(14-24-17)12-18(21)25-13-15-6-4-3-5-7-15;16-14(20-9-11-4-2-1-3-5-11)8-12-6-7-13(15(17)18)19-10-12;1-12(5-6-14-2)10(13)9-4-3-8(11)7-15-9/h3-7,16-17H,8-14H2,1-2H3;1-5,12-13H,6-10H2,(H,17,18);8-9H,3-7,11H2,1-2H3/t16-,17-;12-,13-;8-,9+/m001/s1. The lowest BCUT2D eigenvalue weighted by atomic mass is 9.95. The van der Waals surface area contributed by atoms with Crippen LogP contribution < -0.4 is 5.73 Å². The first-order chi connectivity index (χ1) is 28.9. The molecule has 0 saturated carbocycles. The zero-order valence-electron chi connectivity index (χ0n) is 35.6. The number of carbonyl (C=O) groups is 5. The lowest BCUT2D eigenvalue weighted by Gasteiger charge is -2.30. The van der Waals surface area contributed by atoms with E-state index in [1.54, 1.807) is 38.1 Å². The minimum absolute atomic E-state index is 0.0258. The van der Waals surface area contributed by atoms with E-state index in [4.69, 9.17) is 44.0 Å². The van der Waals surface area contributed by atoms with Gasteiger partial charge in [-0.1, -0.05) is 60.7 Å². The number of ether oxygens (including phenoxy) is 7. The van der Waals surface area contributed by atoms with Crippen LogP contribution in [0, 0.1) is 11.8 Å². The molecule has 2 amide bonds. The predicted molar refractivity (Wildman–Crippen MR) is 220 cm³/mol. The van der Waals surface area contributed by atoms with Crippen molar-refractivity contribution in [1.82, 2.24) is 9.80 Å². The summed E-state index contributed by atoms with van der Waals surface area (Å²) < 4.78 is 36.7. The summed E-state index contributed by atoms with van der Waals surface area (Å²) in [7, 11) is 6.74. The molecule has 3 heterocycles. The zero-order chi connectivity index (χ0) is 43.7. The van der Waals surface area contributed by atoms with Crippen molar-refractivity contribution in [3.8, 4) is 0 Å². The summed E-state index contributed by atoms with van der Waals surface area (Å²) in [4.78, 5) is 61.7. The van der Waals surface area contributed by atoms with Gasteiger partial charge in [0.15, 0.2) is 6.10 Å². The number of aliphatic carboxylic acids is 1. The Morgan fingerprint density at radius 2 is 1.02 bits per heavy atom. The number of benzene rings is 2. The molecule has 3 aliphatic heterocycles. The fraction of sp³-hybridized carbons (Fsp3) is 0.614. The molecule has 334 valence electrons. The molecule has 0 spiro atoms. The number of nitrogens with zero attached hydrogens (tertiary/aromatic N) is 2. The number of hydrogen-bond acceptors (Lipinski definition) is 13. The first-order valence-electron chi connectivity index (χ1n) is 20.6. The number of hydrogen-bond donors (Lipinski definition) is 2. The fourth-order valence-corrected chi connectivity index (χ4v) is 6.52. The summed E-state index contributed by atoms with van der Waals surface area (Å²) in [6.45, 7) is 3.95. The molecule has 60 heavy (non-hydrogen) atoms. The molecular weight excluding hydrogens is 778 g/mol. The predicted octanol–water partition coefficient (Wildman–Crippen LogP) is 3.62. The fourth-order valence-electron chi connectivity index (χ4n) is 6.52. The molecule has 3 aliphatic rings. The van der Waals surface area contributed by atoms with Crippen LogP contribution in [0.3, 0.4) is 0 Å². The van der Waals surface area contributed by atoms with Crippen LogP contribution in [0.25, 0.3) is 0 Å². The summed E-state index contributed by atoms with van der Waals surface area (Å²) in [5, 5.41) is 8.80. The third-order valence-electron chi connectivity index (χ3n) is 10.3. The molecule has 0 aromatic heterocycles. The number of esters is 2. The second-order valence-electron chi connectivity index (χ2n) is 15.2. The van der Waals surface area contributed by atoms with Crippen molar-refractivity contribution < 1.29 is 62.2 Å². The highest BCUT2D eigenvalue weighted by Gasteiger charge is 2.31. The highest BCUT2D eigenvalue weighted by Crippen LogP contribution is 2.24. The Morgan fingerprint density at radius 1 is 0.617 bits per heavy atom. The van der Waals surface area contributed by atoms with Crippen LogP contribution in [0.4, 0.5) is 0 Å². The van der Waals surface area contributed by atoms with E-state index in [-0.39, 0.29) is 60.8 Å². The van der Waals surface area contributed by atoms with Gasteiger partial charge in [0.25, 0.3) is 11.8 Å². The van der Waals surface area contributed by atoms with Gasteiger partial charge in [0.2, 0.25) is 0 Å². The van der Waals surface area contributed by atoms with Gasteiger partial charge in [-0.15, -0.1) is 0 Å². The first kappa shape index (κ1) is 49.9. The van der Waals surface area contributed by atoms with Crippen molar-refractivity contribution in [3.63, 3.8) is 0 Å². The van der Waals surface area contributed by atoms with Gasteiger partial charge in [-0.3, -0.25) is 19.2 Å². The Hall–Kier alpha value is -4.45. The maximum absolute atomic E-state index is 12.2. The minimum Gasteiger partial charge on any atom is -0.479 e. The van der Waals surface area contributed by atoms with E-state index in [1.165, 1.54) is 0 Å². The molecule has 0 unspecified atom stereocenters. The molecule has 3 saturated heterocycles. The molecule has 0 radical (unpaired) electrons. The molecule has 16 nitrogen and oxygen atoms in total. The minimum atomic E-state index is -0.935. The van der Waals surface area contributed by atoms with Crippen molar-refractivity contribution in [2.75, 3.05) is 74.4 Å². The van der Waals surface area contributed by atoms with Crippen LogP contribution in [0.1, 0.15) is 62.5 Å². The van der Waals surface area contributed by atoms with E-state index in [1.807, 2.05) is 60.7 Å². The smallest absolute Gasteiger partial charge is 0.332 e. The molecule has 2 aromatic carbocycles. The maximum atomic E-state index is 12.2. The average Bonchev–Trinajstić information content (AvgIpc) is 3.27. The lowest BCUT2D eigenvalue weighted by molar-refractivity contribution is -0.157. The van der Waals surface area contributed by atoms with Crippen molar-refractivity contribution in [1.29, 1.82) is 0 Å². The molecule has 0 aliphatic carbocycles. The van der Waals surface area contributed by atoms with Gasteiger partial charge in [0.1, 0.15) is 25.4 Å². The SMILES string of the molecule is COCCN(C)C(=O)[C@@H]1CC[C@@H](CC(=O)OCc2ccccc2)CO1.COCCN(C)C(=O)[C@@H]1CC[C@@H](N)CO1.O=C(C[C@@H]1CC[C@@H](C(=O)O)OC1)OCc1ccccc1. The van der Waals surface area contributed by atoms with E-state index < -0.39 is 18.2 Å². The molecule has 0 bridgehead atoms. The third-order valence-corrected chi connectivity index (χ3v) is 10.3. The molecule has 16 heteroatoms. The van der Waals surface area contributed by atoms with Crippen LogP contribution in [0.2, 0.25) is 0 Å². The van der Waals surface area contributed by atoms with Crippen LogP contribution in [-0.2, 0) is 70.3 Å². The Kier molecular flexibility index (Phi) is 23.4. The summed E-state index contributed by atoms with van der Waals surface area (Å²) in [6.07, 6.45) is 3.26. The average molecular weight is 844 g/mol. The zero-order valence-corrected chi connectivity index (χ0v) is 35.6. The molecule has 3 N–H and O–H groups in total. The van der Waals surface area contributed by atoms with Crippen molar-refractivity contribution in [3.05, 3.63) is 71.8 Å². The lowest BCUT2D eigenvalue weighted by Crippen LogP contribution is -2.45. The Morgan fingerprint density at radius 3 is 1.37 bits per heavy atom. The van der Waals surface area contributed by atoms with Crippen LogP contribution >= 0.6 is 0 Å². The summed E-state index contributed by atoms with van der Waals surface area (Å²) in [5.41, 5.74) is 7.61. The molecular formula is C44H65N3O13. The van der Waals surface area contributed by atoms with E-state index in [0.29, 0.717) is 78.4 Å². The van der Waals surface area contributed by atoms with Gasteiger partial charge >= 0.3 is 17.9 Å². The maximum Gasteiger partial charge on any atom is 0.332 e. The van der Waals surface area contributed by atoms with Gasteiger partial charge in [0, 0.05) is 47.4 Å². The van der Waals surface area contributed by atoms with E-state index in [9.17, 15) is 24.0 Å². The van der Waals surface area contributed by atoms with Crippen molar-refractivity contribution >= 4 is 29.7 Å². The van der Waals surface area contributed by atoms with Crippen LogP contribution in [0.15, 0.2) is 60.7 Å². The quantitative estimate of drug-likeness (QED) is 0.219. The summed E-state index contributed by atoms with van der Waals surface area (Å²) >= 11 is 0. The van der Waals surface area contributed by atoms with E-state index in [2.05, 4.69) is 0 Å². The Labute approximate surface area is 353 Å². The van der Waals surface area contributed by atoms with Crippen LogP contribution in [0.5, 0.6) is 0 Å². The van der Waals surface area contributed by atoms with Gasteiger partial charge in [0.05, 0.1) is 45.9 Å². The first-order valence-corrected chi connectivity index (χ1v) is 20.6. The largest absolute Gasteiger partial charge is 0.479 e. The van der Waals surface area contributed by atoms with Gasteiger partial charge in [-0.05, 0) is 61.5 Å². The van der Waals surface area contributed by atoms with E-state index >= 15 is 0 Å². The Balaban J connectivity index is 0.000000248. The van der Waals surface area contributed by atoms with E-state index in [0.717, 1.165) is 30.4 Å². The number of carboxylic acids is 1.